The van der Waals surface area contributed by atoms with Crippen molar-refractivity contribution in [2.24, 2.45) is 5.41 Å². The van der Waals surface area contributed by atoms with Crippen molar-refractivity contribution in [3.05, 3.63) is 18.3 Å². The summed E-state index contributed by atoms with van der Waals surface area (Å²) in [4.78, 5) is 6.50. The number of aromatic nitrogens is 1. The summed E-state index contributed by atoms with van der Waals surface area (Å²) in [6, 6.07) is 3.51. The maximum Gasteiger partial charge on any atom is 0.200 e. The zero-order valence-corrected chi connectivity index (χ0v) is 14.3. The molecule has 0 aromatic carbocycles. The number of hydrogen-bond donors (Lipinski definition) is 0. The zero-order chi connectivity index (χ0) is 16.0. The third-order valence-corrected chi connectivity index (χ3v) is 7.20. The molecule has 0 bridgehead atoms. The monoisotopic (exact) mass is 324 g/mol. The van der Waals surface area contributed by atoms with Gasteiger partial charge in [-0.05, 0) is 45.7 Å². The lowest BCUT2D eigenvalue weighted by molar-refractivity contribution is 0.160. The Labute approximate surface area is 132 Å². The largest absolute Gasteiger partial charge is 0.381 e. The van der Waals surface area contributed by atoms with Crippen molar-refractivity contribution in [1.29, 1.82) is 0 Å². The fourth-order valence-electron chi connectivity index (χ4n) is 3.16. The number of hydrogen-bond acceptors (Lipinski definition) is 5. The number of ether oxygens (including phenoxy) is 1. The van der Waals surface area contributed by atoms with Crippen molar-refractivity contribution in [1.82, 2.24) is 4.98 Å². The second-order valence-corrected chi connectivity index (χ2v) is 10.1. The van der Waals surface area contributed by atoms with Crippen LogP contribution in [0, 0.1) is 5.41 Å². The standard InChI is InChI=1S/C16H24N2O3S/c1-15(2,3)22(19,20)14-5-4-13(10-17-14)18-8-6-16(11-18)7-9-21-12-16/h4-5,10H,6-9,11-12H2,1-3H3/t16-/m0/s1. The van der Waals surface area contributed by atoms with Crippen LogP contribution in [-0.4, -0.2) is 44.5 Å². The van der Waals surface area contributed by atoms with Crippen molar-refractivity contribution in [3.8, 4) is 0 Å². The molecule has 0 amide bonds. The van der Waals surface area contributed by atoms with Crippen LogP contribution in [0.15, 0.2) is 23.4 Å². The molecule has 2 aliphatic heterocycles. The van der Waals surface area contributed by atoms with Crippen molar-refractivity contribution in [3.63, 3.8) is 0 Å². The first kappa shape index (κ1) is 15.7. The Balaban J connectivity index is 1.78. The highest BCUT2D eigenvalue weighted by atomic mass is 32.2. The first-order chi connectivity index (χ1) is 10.2. The third kappa shape index (κ3) is 2.63. The van der Waals surface area contributed by atoms with Crippen LogP contribution in [-0.2, 0) is 14.6 Å². The van der Waals surface area contributed by atoms with Crippen molar-refractivity contribution < 1.29 is 13.2 Å². The van der Waals surface area contributed by atoms with Gasteiger partial charge in [-0.25, -0.2) is 13.4 Å². The van der Waals surface area contributed by atoms with E-state index >= 15 is 0 Å². The molecular formula is C16H24N2O3S. The van der Waals surface area contributed by atoms with E-state index in [0.29, 0.717) is 0 Å². The molecule has 2 saturated heterocycles. The minimum atomic E-state index is -3.39. The van der Waals surface area contributed by atoms with E-state index in [2.05, 4.69) is 9.88 Å². The minimum Gasteiger partial charge on any atom is -0.381 e. The normalized spacial score (nSPS) is 26.0. The summed E-state index contributed by atoms with van der Waals surface area (Å²) in [6.07, 6.45) is 3.94. The van der Waals surface area contributed by atoms with E-state index in [9.17, 15) is 8.42 Å². The van der Waals surface area contributed by atoms with Crippen LogP contribution in [0.1, 0.15) is 33.6 Å². The van der Waals surface area contributed by atoms with Crippen LogP contribution >= 0.6 is 0 Å². The third-order valence-electron chi connectivity index (χ3n) is 4.79. The highest BCUT2D eigenvalue weighted by molar-refractivity contribution is 7.92. The highest BCUT2D eigenvalue weighted by Crippen LogP contribution is 2.40. The van der Waals surface area contributed by atoms with Gasteiger partial charge in [-0.1, -0.05) is 0 Å². The average molecular weight is 324 g/mol. The van der Waals surface area contributed by atoms with Gasteiger partial charge in [0.15, 0.2) is 14.9 Å². The summed E-state index contributed by atoms with van der Waals surface area (Å²) in [5, 5.41) is 0.154. The molecule has 0 radical (unpaired) electrons. The van der Waals surface area contributed by atoms with Gasteiger partial charge < -0.3 is 9.64 Å². The van der Waals surface area contributed by atoms with Crippen LogP contribution in [0.4, 0.5) is 5.69 Å². The summed E-state index contributed by atoms with van der Waals surface area (Å²) >= 11 is 0. The van der Waals surface area contributed by atoms with E-state index in [0.717, 1.165) is 44.8 Å². The maximum atomic E-state index is 12.4. The quantitative estimate of drug-likeness (QED) is 0.835. The molecule has 122 valence electrons. The number of anilines is 1. The number of nitrogens with zero attached hydrogens (tertiary/aromatic N) is 2. The summed E-state index contributed by atoms with van der Waals surface area (Å²) in [5.74, 6) is 0. The molecule has 6 heteroatoms. The van der Waals surface area contributed by atoms with Gasteiger partial charge in [0.25, 0.3) is 0 Å². The molecule has 3 rings (SSSR count). The molecule has 0 saturated carbocycles. The smallest absolute Gasteiger partial charge is 0.200 e. The number of sulfone groups is 1. The second kappa shape index (κ2) is 5.20. The van der Waals surface area contributed by atoms with E-state index < -0.39 is 14.6 Å². The number of rotatable bonds is 2. The van der Waals surface area contributed by atoms with Gasteiger partial charge in [-0.2, -0.15) is 0 Å². The highest BCUT2D eigenvalue weighted by Gasteiger charge is 2.41. The van der Waals surface area contributed by atoms with Gasteiger partial charge in [-0.15, -0.1) is 0 Å². The fourth-order valence-corrected chi connectivity index (χ4v) is 4.23. The molecule has 2 aliphatic rings. The zero-order valence-electron chi connectivity index (χ0n) is 13.5. The molecule has 0 unspecified atom stereocenters. The first-order valence-electron chi connectivity index (χ1n) is 7.77. The SMILES string of the molecule is CC(C)(C)S(=O)(=O)c1ccc(N2CC[C@]3(CCOC3)C2)cn1. The Morgan fingerprint density at radius 2 is 2.05 bits per heavy atom. The number of pyridine rings is 1. The summed E-state index contributed by atoms with van der Waals surface area (Å²) in [7, 11) is -3.39. The predicted molar refractivity (Wildman–Crippen MR) is 85.9 cm³/mol. The van der Waals surface area contributed by atoms with Crippen LogP contribution in [0.3, 0.4) is 0 Å². The first-order valence-corrected chi connectivity index (χ1v) is 9.25. The molecule has 0 aliphatic carbocycles. The fraction of sp³-hybridized carbons (Fsp3) is 0.688. The van der Waals surface area contributed by atoms with E-state index in [1.165, 1.54) is 0 Å². The maximum absolute atomic E-state index is 12.4. The van der Waals surface area contributed by atoms with Crippen LogP contribution in [0.2, 0.25) is 0 Å². The Morgan fingerprint density at radius 1 is 1.27 bits per heavy atom. The Kier molecular flexibility index (Phi) is 3.72. The Hall–Kier alpha value is -1.14. The second-order valence-electron chi connectivity index (χ2n) is 7.44. The van der Waals surface area contributed by atoms with E-state index in [4.69, 9.17) is 4.74 Å². The molecule has 1 atom stereocenters. The molecular weight excluding hydrogens is 300 g/mol. The lowest BCUT2D eigenvalue weighted by atomic mass is 9.87. The lowest BCUT2D eigenvalue weighted by Gasteiger charge is -2.23. The minimum absolute atomic E-state index is 0.154. The van der Waals surface area contributed by atoms with Crippen molar-refractivity contribution in [2.45, 2.75) is 43.4 Å². The van der Waals surface area contributed by atoms with E-state index in [1.807, 2.05) is 6.07 Å². The summed E-state index contributed by atoms with van der Waals surface area (Å²) in [6.45, 7) is 8.74. The molecule has 3 heterocycles. The molecule has 22 heavy (non-hydrogen) atoms. The van der Waals surface area contributed by atoms with E-state index in [1.54, 1.807) is 33.0 Å². The van der Waals surface area contributed by atoms with Crippen molar-refractivity contribution >= 4 is 15.5 Å². The molecule has 5 nitrogen and oxygen atoms in total. The molecule has 2 fully saturated rings. The van der Waals surface area contributed by atoms with E-state index in [-0.39, 0.29) is 10.4 Å². The molecule has 1 spiro atoms. The van der Waals surface area contributed by atoms with Crippen LogP contribution in [0.5, 0.6) is 0 Å². The van der Waals surface area contributed by atoms with Gasteiger partial charge in [0.2, 0.25) is 0 Å². The summed E-state index contributed by atoms with van der Waals surface area (Å²) in [5.41, 5.74) is 1.28. The molecule has 1 aromatic rings. The van der Waals surface area contributed by atoms with Gasteiger partial charge in [-0.3, -0.25) is 0 Å². The predicted octanol–water partition coefficient (Wildman–Crippen LogP) is 2.27. The van der Waals surface area contributed by atoms with Gasteiger partial charge in [0.05, 0.1) is 23.2 Å². The topological polar surface area (TPSA) is 59.5 Å². The van der Waals surface area contributed by atoms with Gasteiger partial charge in [0.1, 0.15) is 0 Å². The average Bonchev–Trinajstić information content (AvgIpc) is 3.09. The molecule has 1 aromatic heterocycles. The van der Waals surface area contributed by atoms with Crippen LogP contribution in [0.25, 0.3) is 0 Å². The molecule has 0 N–H and O–H groups in total. The Morgan fingerprint density at radius 3 is 2.59 bits per heavy atom. The van der Waals surface area contributed by atoms with Gasteiger partial charge >= 0.3 is 0 Å². The lowest BCUT2D eigenvalue weighted by Crippen LogP contribution is -2.29. The Bertz CT molecular complexity index is 641. The van der Waals surface area contributed by atoms with Gasteiger partial charge in [0, 0.05) is 25.1 Å². The van der Waals surface area contributed by atoms with Crippen molar-refractivity contribution in [2.75, 3.05) is 31.2 Å². The summed E-state index contributed by atoms with van der Waals surface area (Å²) < 4.78 is 29.5. The van der Waals surface area contributed by atoms with Crippen LogP contribution < -0.4 is 4.90 Å².